The Balaban J connectivity index is 1.46. The maximum Gasteiger partial charge on any atom is 0.0355 e. The zero-order chi connectivity index (χ0) is 22.9. The minimum absolute atomic E-state index is 0.490. The lowest BCUT2D eigenvalue weighted by Crippen LogP contribution is -2.41. The third-order valence-corrected chi connectivity index (χ3v) is 9.14. The first-order valence-electron chi connectivity index (χ1n) is 13.2. The van der Waals surface area contributed by atoms with E-state index in [-0.39, 0.29) is 0 Å². The molecule has 2 unspecified atom stereocenters. The van der Waals surface area contributed by atoms with Crippen LogP contribution in [-0.4, -0.2) is 35.5 Å². The van der Waals surface area contributed by atoms with Crippen molar-refractivity contribution in [1.82, 2.24) is 9.80 Å². The van der Waals surface area contributed by atoms with E-state index in [1.165, 1.54) is 48.9 Å². The number of hydrogen-bond acceptors (Lipinski definition) is 4. The Morgan fingerprint density at radius 2 is 1.73 bits per heavy atom. The molecule has 4 aliphatic rings. The number of nitrogen functional groups attached to an aromatic ring is 2. The first kappa shape index (κ1) is 21.5. The lowest BCUT2D eigenvalue weighted by molar-refractivity contribution is 0.173. The molecule has 4 nitrogen and oxygen atoms in total. The highest BCUT2D eigenvalue weighted by atomic mass is 15.2. The van der Waals surface area contributed by atoms with Gasteiger partial charge >= 0.3 is 0 Å². The minimum Gasteiger partial charge on any atom is -0.399 e. The van der Waals surface area contributed by atoms with Gasteiger partial charge in [0.15, 0.2) is 0 Å². The van der Waals surface area contributed by atoms with Crippen LogP contribution in [0, 0.1) is 0 Å². The zero-order valence-corrected chi connectivity index (χ0v) is 20.7. The molecule has 2 aliphatic heterocycles. The van der Waals surface area contributed by atoms with Crippen LogP contribution in [0.4, 0.5) is 11.4 Å². The predicted molar refractivity (Wildman–Crippen MR) is 138 cm³/mol. The van der Waals surface area contributed by atoms with Crippen molar-refractivity contribution >= 4 is 11.4 Å². The van der Waals surface area contributed by atoms with Crippen molar-refractivity contribution in [3.8, 4) is 0 Å². The van der Waals surface area contributed by atoms with Gasteiger partial charge < -0.3 is 11.5 Å². The summed E-state index contributed by atoms with van der Waals surface area (Å²) in [6, 6.07) is 7.42. The molecule has 3 atom stereocenters. The smallest absolute Gasteiger partial charge is 0.0355 e. The molecule has 0 spiro atoms. The Labute approximate surface area is 199 Å². The van der Waals surface area contributed by atoms with E-state index >= 15 is 0 Å². The quantitative estimate of drug-likeness (QED) is 0.643. The van der Waals surface area contributed by atoms with Gasteiger partial charge in [-0.15, -0.1) is 0 Å². The number of nitrogens with zero attached hydrogens (tertiary/aromatic N) is 2. The van der Waals surface area contributed by atoms with Gasteiger partial charge in [-0.25, -0.2) is 0 Å². The van der Waals surface area contributed by atoms with E-state index in [1.807, 2.05) is 0 Å². The van der Waals surface area contributed by atoms with E-state index in [9.17, 15) is 0 Å². The average Bonchev–Trinajstić information content (AvgIpc) is 2.78. The fourth-order valence-electron chi connectivity index (χ4n) is 7.72. The van der Waals surface area contributed by atoms with Gasteiger partial charge in [-0.1, -0.05) is 6.92 Å². The Bertz CT molecular complexity index is 1090. The second-order valence-corrected chi connectivity index (χ2v) is 11.5. The van der Waals surface area contributed by atoms with Gasteiger partial charge in [0.25, 0.3) is 0 Å². The van der Waals surface area contributed by atoms with Gasteiger partial charge in [0, 0.05) is 43.6 Å². The number of nitrogens with two attached hydrogens (primary N) is 2. The van der Waals surface area contributed by atoms with Crippen LogP contribution >= 0.6 is 0 Å². The highest BCUT2D eigenvalue weighted by molar-refractivity contribution is 5.63. The molecule has 4 N–H and O–H groups in total. The van der Waals surface area contributed by atoms with Gasteiger partial charge in [-0.05, 0) is 127 Å². The maximum atomic E-state index is 6.91. The second-order valence-electron chi connectivity index (χ2n) is 11.5. The van der Waals surface area contributed by atoms with Crippen LogP contribution in [0.2, 0.25) is 0 Å². The standard InChI is InChI=1S/C29H40N4/c1-4-32-13-19-7-5-6-18-12-26(31)29(25(16-32)28(18)19)20-8-21-10-24(30)11-23-15-33(17(2)3)14-22(9-20)27(21)23/h10-12,17,19-20,22H,4-9,13-16,30-31H2,1-3H3/t19-,20?,22?/m1/s1. The van der Waals surface area contributed by atoms with Crippen molar-refractivity contribution in [2.24, 2.45) is 0 Å². The molecule has 0 fully saturated rings. The van der Waals surface area contributed by atoms with E-state index in [4.69, 9.17) is 11.5 Å². The lowest BCUT2D eigenvalue weighted by Gasteiger charge is -2.44. The fraction of sp³-hybridized carbons (Fsp3) is 0.586. The predicted octanol–water partition coefficient (Wildman–Crippen LogP) is 5.14. The number of benzene rings is 2. The lowest BCUT2D eigenvalue weighted by atomic mass is 9.67. The largest absolute Gasteiger partial charge is 0.399 e. The third kappa shape index (κ3) is 3.49. The van der Waals surface area contributed by atoms with Crippen molar-refractivity contribution in [3.05, 3.63) is 57.1 Å². The average molecular weight is 445 g/mol. The van der Waals surface area contributed by atoms with Gasteiger partial charge in [0.05, 0.1) is 0 Å². The van der Waals surface area contributed by atoms with Crippen molar-refractivity contribution < 1.29 is 0 Å². The van der Waals surface area contributed by atoms with E-state index in [1.54, 1.807) is 22.3 Å². The molecule has 0 saturated carbocycles. The van der Waals surface area contributed by atoms with Crippen molar-refractivity contribution in [2.75, 3.05) is 31.1 Å². The van der Waals surface area contributed by atoms with Crippen LogP contribution in [0.25, 0.3) is 0 Å². The van der Waals surface area contributed by atoms with Crippen LogP contribution in [0.1, 0.15) is 96.7 Å². The van der Waals surface area contributed by atoms with E-state index < -0.39 is 0 Å². The Hall–Kier alpha value is -2.04. The summed E-state index contributed by atoms with van der Waals surface area (Å²) >= 11 is 0. The van der Waals surface area contributed by atoms with Gasteiger partial charge in [0.1, 0.15) is 0 Å². The number of aryl methyl sites for hydroxylation is 1. The topological polar surface area (TPSA) is 58.5 Å². The second kappa shape index (κ2) is 8.02. The molecule has 176 valence electrons. The number of hydrogen-bond donors (Lipinski definition) is 2. The molecule has 0 radical (unpaired) electrons. The fourth-order valence-corrected chi connectivity index (χ4v) is 7.72. The van der Waals surface area contributed by atoms with Crippen LogP contribution in [-0.2, 0) is 25.9 Å². The number of likely N-dealkylation sites (N-methyl/N-ethyl adjacent to an activating group) is 1. The molecule has 2 aliphatic carbocycles. The molecule has 2 aromatic carbocycles. The van der Waals surface area contributed by atoms with Crippen LogP contribution in [0.3, 0.4) is 0 Å². The number of rotatable bonds is 3. The van der Waals surface area contributed by atoms with Crippen molar-refractivity contribution in [2.45, 2.75) is 89.8 Å². The zero-order valence-electron chi connectivity index (χ0n) is 20.7. The highest BCUT2D eigenvalue weighted by Gasteiger charge is 2.39. The monoisotopic (exact) mass is 444 g/mol. The summed E-state index contributed by atoms with van der Waals surface area (Å²) in [6.07, 6.45) is 6.13. The summed E-state index contributed by atoms with van der Waals surface area (Å²) in [7, 11) is 0. The van der Waals surface area contributed by atoms with Crippen molar-refractivity contribution in [1.29, 1.82) is 0 Å². The summed E-state index contributed by atoms with van der Waals surface area (Å²) in [6.45, 7) is 12.6. The maximum absolute atomic E-state index is 6.91. The molecule has 0 amide bonds. The van der Waals surface area contributed by atoms with Crippen LogP contribution in [0.5, 0.6) is 0 Å². The molecule has 2 heterocycles. The van der Waals surface area contributed by atoms with Crippen molar-refractivity contribution in [3.63, 3.8) is 0 Å². The molecular weight excluding hydrogens is 404 g/mol. The Morgan fingerprint density at radius 1 is 0.909 bits per heavy atom. The summed E-state index contributed by atoms with van der Waals surface area (Å²) in [4.78, 5) is 5.28. The minimum atomic E-state index is 0.490. The Kier molecular flexibility index (Phi) is 5.23. The van der Waals surface area contributed by atoms with Gasteiger partial charge in [0.2, 0.25) is 0 Å². The van der Waals surface area contributed by atoms with E-state index in [0.29, 0.717) is 23.8 Å². The molecular formula is C29H40N4. The molecule has 4 heteroatoms. The number of anilines is 2. The molecule has 33 heavy (non-hydrogen) atoms. The molecule has 0 bridgehead atoms. The first-order valence-corrected chi connectivity index (χ1v) is 13.2. The summed E-state index contributed by atoms with van der Waals surface area (Å²) in [5.41, 5.74) is 26.2. The summed E-state index contributed by atoms with van der Waals surface area (Å²) < 4.78 is 0. The molecule has 6 rings (SSSR count). The molecule has 0 aromatic heterocycles. The summed E-state index contributed by atoms with van der Waals surface area (Å²) in [5, 5.41) is 0. The van der Waals surface area contributed by atoms with Crippen LogP contribution < -0.4 is 11.5 Å². The third-order valence-electron chi connectivity index (χ3n) is 9.14. The first-order chi connectivity index (χ1) is 15.9. The Morgan fingerprint density at radius 3 is 2.52 bits per heavy atom. The summed E-state index contributed by atoms with van der Waals surface area (Å²) in [5.74, 6) is 1.76. The van der Waals surface area contributed by atoms with E-state index in [0.717, 1.165) is 44.0 Å². The normalized spacial score (nSPS) is 26.8. The highest BCUT2D eigenvalue weighted by Crippen LogP contribution is 2.50. The van der Waals surface area contributed by atoms with Crippen LogP contribution in [0.15, 0.2) is 18.2 Å². The SMILES string of the molecule is CCN1Cc2c(C3Cc4cc(N)cc5c4C(C3)CN(C(C)C)C5)c(N)cc3c2[C@H](CCC3)C1. The van der Waals surface area contributed by atoms with Gasteiger partial charge in [-0.2, -0.15) is 0 Å². The molecule has 0 saturated heterocycles. The van der Waals surface area contributed by atoms with E-state index in [2.05, 4.69) is 48.8 Å². The molecule has 2 aromatic rings. The van der Waals surface area contributed by atoms with Gasteiger partial charge in [-0.3, -0.25) is 9.80 Å².